The number of thiol groups is 1. The number of aryl methyl sites for hydroxylation is 1. The van der Waals surface area contributed by atoms with Gasteiger partial charge in [-0.25, -0.2) is 4.39 Å². The van der Waals surface area contributed by atoms with Crippen LogP contribution in [0.25, 0.3) is 0 Å². The van der Waals surface area contributed by atoms with Crippen molar-refractivity contribution in [3.8, 4) is 0 Å². The van der Waals surface area contributed by atoms with E-state index in [1.807, 2.05) is 13.8 Å². The highest BCUT2D eigenvalue weighted by molar-refractivity contribution is 7.80. The molecule has 0 bridgehead atoms. The molecule has 0 aromatic heterocycles. The zero-order chi connectivity index (χ0) is 10.9. The minimum absolute atomic E-state index is 0.200. The van der Waals surface area contributed by atoms with Crippen molar-refractivity contribution in [1.29, 1.82) is 0 Å². The van der Waals surface area contributed by atoms with Crippen LogP contribution in [-0.4, -0.2) is 5.75 Å². The predicted octanol–water partition coefficient (Wildman–Crippen LogP) is 3.99. The van der Waals surface area contributed by atoms with Gasteiger partial charge in [0.1, 0.15) is 5.82 Å². The van der Waals surface area contributed by atoms with E-state index in [9.17, 15) is 4.39 Å². The second kappa shape index (κ2) is 4.11. The molecule has 0 N–H and O–H groups in total. The van der Waals surface area contributed by atoms with E-state index >= 15 is 0 Å². The fourth-order valence-corrected chi connectivity index (χ4v) is 1.89. The first kappa shape index (κ1) is 11.9. The van der Waals surface area contributed by atoms with E-state index in [1.54, 1.807) is 13.0 Å². The molecule has 1 rings (SSSR count). The lowest BCUT2D eigenvalue weighted by Gasteiger charge is -2.24. The van der Waals surface area contributed by atoms with Crippen molar-refractivity contribution in [1.82, 2.24) is 0 Å². The Balaban J connectivity index is 3.29. The molecule has 0 saturated heterocycles. The van der Waals surface area contributed by atoms with Crippen molar-refractivity contribution in [3.63, 3.8) is 0 Å². The summed E-state index contributed by atoms with van der Waals surface area (Å²) >= 11 is 10.3. The number of benzene rings is 1. The highest BCUT2D eigenvalue weighted by Gasteiger charge is 2.22. The van der Waals surface area contributed by atoms with Gasteiger partial charge in [0.15, 0.2) is 0 Å². The Morgan fingerprint density at radius 1 is 1.43 bits per heavy atom. The molecule has 0 aliphatic heterocycles. The van der Waals surface area contributed by atoms with Gasteiger partial charge in [-0.05, 0) is 35.9 Å². The molecule has 0 spiro atoms. The van der Waals surface area contributed by atoms with Gasteiger partial charge in [-0.2, -0.15) is 12.6 Å². The summed E-state index contributed by atoms with van der Waals surface area (Å²) in [4.78, 5) is 0. The first-order valence-electron chi connectivity index (χ1n) is 4.45. The first-order valence-corrected chi connectivity index (χ1v) is 5.46. The minimum Gasteiger partial charge on any atom is -0.207 e. The number of rotatable bonds is 2. The van der Waals surface area contributed by atoms with Crippen LogP contribution in [0.2, 0.25) is 5.02 Å². The van der Waals surface area contributed by atoms with Gasteiger partial charge in [0.2, 0.25) is 0 Å². The molecular formula is C11H14ClFS. The first-order chi connectivity index (χ1) is 6.38. The third-order valence-electron chi connectivity index (χ3n) is 2.37. The molecule has 0 nitrogen and oxygen atoms in total. The van der Waals surface area contributed by atoms with E-state index in [-0.39, 0.29) is 11.2 Å². The lowest BCUT2D eigenvalue weighted by atomic mass is 9.86. The molecule has 78 valence electrons. The van der Waals surface area contributed by atoms with E-state index in [1.165, 1.54) is 6.07 Å². The summed E-state index contributed by atoms with van der Waals surface area (Å²) in [7, 11) is 0. The van der Waals surface area contributed by atoms with Gasteiger partial charge in [-0.15, -0.1) is 0 Å². The molecule has 0 heterocycles. The van der Waals surface area contributed by atoms with E-state index < -0.39 is 0 Å². The van der Waals surface area contributed by atoms with Gasteiger partial charge in [-0.1, -0.05) is 25.4 Å². The Morgan fingerprint density at radius 3 is 2.50 bits per heavy atom. The largest absolute Gasteiger partial charge is 0.207 e. The maximum Gasteiger partial charge on any atom is 0.126 e. The summed E-state index contributed by atoms with van der Waals surface area (Å²) < 4.78 is 13.3. The Labute approximate surface area is 94.9 Å². The van der Waals surface area contributed by atoms with Crippen LogP contribution in [-0.2, 0) is 5.41 Å². The molecule has 0 radical (unpaired) electrons. The van der Waals surface area contributed by atoms with E-state index in [4.69, 9.17) is 11.6 Å². The average Bonchev–Trinajstić information content (AvgIpc) is 2.11. The lowest BCUT2D eigenvalue weighted by molar-refractivity contribution is 0.578. The molecule has 3 heteroatoms. The van der Waals surface area contributed by atoms with Gasteiger partial charge in [-0.3, -0.25) is 0 Å². The Hall–Kier alpha value is -0.210. The fraction of sp³-hybridized carbons (Fsp3) is 0.455. The molecule has 0 aliphatic carbocycles. The quantitative estimate of drug-likeness (QED) is 0.733. The van der Waals surface area contributed by atoms with E-state index in [0.717, 1.165) is 5.56 Å². The van der Waals surface area contributed by atoms with Crippen molar-refractivity contribution in [2.24, 2.45) is 0 Å². The third-order valence-corrected chi connectivity index (χ3v) is 3.48. The summed E-state index contributed by atoms with van der Waals surface area (Å²) in [6, 6.07) is 3.17. The number of hydrogen-bond donors (Lipinski definition) is 1. The molecule has 0 amide bonds. The Bertz CT molecular complexity index is 347. The molecule has 0 atom stereocenters. The van der Waals surface area contributed by atoms with Gasteiger partial charge in [0.05, 0.1) is 0 Å². The molecule has 0 aliphatic rings. The zero-order valence-corrected chi connectivity index (χ0v) is 10.2. The highest BCUT2D eigenvalue weighted by Crippen LogP contribution is 2.32. The van der Waals surface area contributed by atoms with Crippen molar-refractivity contribution in [2.45, 2.75) is 26.2 Å². The van der Waals surface area contributed by atoms with Crippen molar-refractivity contribution in [3.05, 3.63) is 34.1 Å². The summed E-state index contributed by atoms with van der Waals surface area (Å²) in [6.07, 6.45) is 0. The lowest BCUT2D eigenvalue weighted by Crippen LogP contribution is -2.20. The van der Waals surface area contributed by atoms with Crippen molar-refractivity contribution < 1.29 is 4.39 Å². The number of halogens is 2. The van der Waals surface area contributed by atoms with Gasteiger partial charge < -0.3 is 0 Å². The van der Waals surface area contributed by atoms with Gasteiger partial charge in [0.25, 0.3) is 0 Å². The Morgan fingerprint density at radius 2 is 2.00 bits per heavy atom. The SMILES string of the molecule is Cc1cc(Cl)c(C(C)(C)CS)cc1F. The second-order valence-electron chi connectivity index (χ2n) is 4.12. The maximum absolute atomic E-state index is 13.3. The third kappa shape index (κ3) is 2.23. The van der Waals surface area contributed by atoms with Crippen molar-refractivity contribution >= 4 is 24.2 Å². The van der Waals surface area contributed by atoms with Crippen LogP contribution in [0, 0.1) is 12.7 Å². The van der Waals surface area contributed by atoms with Crippen LogP contribution in [0.5, 0.6) is 0 Å². The minimum atomic E-state index is -0.209. The molecule has 0 unspecified atom stereocenters. The molecule has 1 aromatic rings. The summed E-state index contributed by atoms with van der Waals surface area (Å²) in [5.41, 5.74) is 1.19. The van der Waals surface area contributed by atoms with Gasteiger partial charge >= 0.3 is 0 Å². The standard InChI is InChI=1S/C11H14ClFS/c1-7-4-9(12)8(5-10(7)13)11(2,3)6-14/h4-5,14H,6H2,1-3H3. The average molecular weight is 233 g/mol. The highest BCUT2D eigenvalue weighted by atomic mass is 35.5. The van der Waals surface area contributed by atoms with E-state index in [0.29, 0.717) is 16.3 Å². The van der Waals surface area contributed by atoms with Crippen LogP contribution in [0.4, 0.5) is 4.39 Å². The zero-order valence-electron chi connectivity index (χ0n) is 8.56. The normalized spacial score (nSPS) is 11.9. The van der Waals surface area contributed by atoms with Crippen LogP contribution < -0.4 is 0 Å². The predicted molar refractivity (Wildman–Crippen MR) is 63.0 cm³/mol. The van der Waals surface area contributed by atoms with Crippen LogP contribution in [0.15, 0.2) is 12.1 Å². The van der Waals surface area contributed by atoms with Gasteiger partial charge in [0, 0.05) is 10.4 Å². The Kier molecular flexibility index (Phi) is 3.49. The summed E-state index contributed by atoms with van der Waals surface area (Å²) in [6.45, 7) is 5.70. The van der Waals surface area contributed by atoms with Crippen LogP contribution in [0.3, 0.4) is 0 Å². The summed E-state index contributed by atoms with van der Waals surface area (Å²) in [5.74, 6) is 0.425. The van der Waals surface area contributed by atoms with Crippen LogP contribution in [0.1, 0.15) is 25.0 Å². The monoisotopic (exact) mass is 232 g/mol. The fourth-order valence-electron chi connectivity index (χ4n) is 1.25. The van der Waals surface area contributed by atoms with E-state index in [2.05, 4.69) is 12.6 Å². The smallest absolute Gasteiger partial charge is 0.126 e. The maximum atomic E-state index is 13.3. The topological polar surface area (TPSA) is 0 Å². The number of hydrogen-bond acceptors (Lipinski definition) is 1. The second-order valence-corrected chi connectivity index (χ2v) is 4.85. The molecule has 14 heavy (non-hydrogen) atoms. The molecular weight excluding hydrogens is 219 g/mol. The molecule has 0 saturated carbocycles. The molecule has 0 fully saturated rings. The molecule has 1 aromatic carbocycles. The van der Waals surface area contributed by atoms with Crippen molar-refractivity contribution in [2.75, 3.05) is 5.75 Å². The summed E-state index contributed by atoms with van der Waals surface area (Å²) in [5, 5.41) is 0.614. The van der Waals surface area contributed by atoms with Crippen LogP contribution >= 0.6 is 24.2 Å².